The highest BCUT2D eigenvalue weighted by Crippen LogP contribution is 2.02. The molecular weight excluding hydrogens is 132 g/mol. The van der Waals surface area contributed by atoms with Crippen molar-refractivity contribution in [2.24, 2.45) is 0 Å². The number of carbonyl (C=O) groups excluding carboxylic acids is 1. The van der Waals surface area contributed by atoms with Gasteiger partial charge in [-0.1, -0.05) is 0 Å². The molecule has 52 valence electrons. The van der Waals surface area contributed by atoms with Crippen LogP contribution in [0.5, 0.6) is 0 Å². The predicted molar refractivity (Wildman–Crippen MR) is 32.8 cm³/mol. The Labute approximate surface area is 58.3 Å². The molecule has 0 spiro atoms. The lowest BCUT2D eigenvalue weighted by Crippen LogP contribution is -2.16. The first-order valence-electron chi connectivity index (χ1n) is 2.84. The van der Waals surface area contributed by atoms with Crippen LogP contribution in [-0.2, 0) is 4.74 Å². The Morgan fingerprint density at radius 1 is 1.80 bits per heavy atom. The molecule has 1 aliphatic rings. The number of rotatable bonds is 1. The van der Waals surface area contributed by atoms with E-state index >= 15 is 0 Å². The van der Waals surface area contributed by atoms with Gasteiger partial charge in [-0.25, -0.2) is 4.79 Å². The molecule has 4 heteroatoms. The molecule has 0 aromatic carbocycles. The molecule has 1 amide bonds. The fourth-order valence-corrected chi connectivity index (χ4v) is 0.664. The first kappa shape index (κ1) is 6.62. The molecule has 0 unspecified atom stereocenters. The molecule has 0 radical (unpaired) electrons. The summed E-state index contributed by atoms with van der Waals surface area (Å²) in [5.41, 5.74) is 0. The third-order valence-electron chi connectivity index (χ3n) is 1.12. The molecule has 0 aromatic heterocycles. The van der Waals surface area contributed by atoms with Gasteiger partial charge < -0.3 is 4.74 Å². The Hall–Kier alpha value is -1.50. The van der Waals surface area contributed by atoms with Crippen LogP contribution in [0.15, 0.2) is 12.3 Å². The summed E-state index contributed by atoms with van der Waals surface area (Å²) < 4.78 is 4.59. The van der Waals surface area contributed by atoms with Gasteiger partial charge in [0.05, 0.1) is 12.6 Å². The highest BCUT2D eigenvalue weighted by Gasteiger charge is 2.18. The van der Waals surface area contributed by atoms with E-state index in [0.717, 1.165) is 0 Å². The molecule has 10 heavy (non-hydrogen) atoms. The van der Waals surface area contributed by atoms with Gasteiger partial charge in [-0.15, -0.1) is 0 Å². The van der Waals surface area contributed by atoms with Gasteiger partial charge in [0, 0.05) is 12.3 Å². The maximum Gasteiger partial charge on any atom is 0.414 e. The standard InChI is InChI=1S/C6H6N2O2/c7-2-1-3-8-4-5-10-6(8)9/h1,3H,4-5H2/b3-1+. The molecule has 4 nitrogen and oxygen atoms in total. The first-order chi connectivity index (χ1) is 4.84. The van der Waals surface area contributed by atoms with Gasteiger partial charge in [-0.3, -0.25) is 4.90 Å². The molecule has 0 bridgehead atoms. The third kappa shape index (κ3) is 1.26. The Bertz CT molecular complexity index is 204. The number of hydrogen-bond donors (Lipinski definition) is 0. The van der Waals surface area contributed by atoms with Gasteiger partial charge >= 0.3 is 6.09 Å². The Morgan fingerprint density at radius 2 is 2.60 bits per heavy atom. The summed E-state index contributed by atoms with van der Waals surface area (Å²) in [5, 5.41) is 8.10. The van der Waals surface area contributed by atoms with Gasteiger partial charge in [-0.05, 0) is 0 Å². The average molecular weight is 138 g/mol. The third-order valence-corrected chi connectivity index (χ3v) is 1.12. The molecule has 1 rings (SSSR count). The Morgan fingerprint density at radius 3 is 3.10 bits per heavy atom. The molecule has 1 heterocycles. The van der Waals surface area contributed by atoms with E-state index in [1.54, 1.807) is 6.07 Å². The first-order valence-corrected chi connectivity index (χ1v) is 2.84. The molecular formula is C6H6N2O2. The molecule has 0 saturated carbocycles. The van der Waals surface area contributed by atoms with Crippen molar-refractivity contribution in [3.05, 3.63) is 12.3 Å². The summed E-state index contributed by atoms with van der Waals surface area (Å²) >= 11 is 0. The second kappa shape index (κ2) is 2.87. The minimum atomic E-state index is -0.383. The van der Waals surface area contributed by atoms with E-state index in [4.69, 9.17) is 5.26 Å². The maximum absolute atomic E-state index is 10.6. The topological polar surface area (TPSA) is 53.3 Å². The molecule has 0 aliphatic carbocycles. The quantitative estimate of drug-likeness (QED) is 0.495. The number of nitriles is 1. The Balaban J connectivity index is 2.50. The maximum atomic E-state index is 10.6. The largest absolute Gasteiger partial charge is 0.447 e. The highest BCUT2D eigenvalue weighted by molar-refractivity contribution is 5.70. The number of hydrogen-bond acceptors (Lipinski definition) is 3. The van der Waals surface area contributed by atoms with Crippen molar-refractivity contribution in [3.63, 3.8) is 0 Å². The average Bonchev–Trinajstić information content (AvgIpc) is 2.31. The molecule has 1 aliphatic heterocycles. The summed E-state index contributed by atoms with van der Waals surface area (Å²) in [5.74, 6) is 0. The van der Waals surface area contributed by atoms with Crippen molar-refractivity contribution in [2.75, 3.05) is 13.2 Å². The van der Waals surface area contributed by atoms with Crippen molar-refractivity contribution >= 4 is 6.09 Å². The second-order valence-corrected chi connectivity index (χ2v) is 1.75. The van der Waals surface area contributed by atoms with E-state index in [0.29, 0.717) is 13.2 Å². The zero-order chi connectivity index (χ0) is 7.40. The van der Waals surface area contributed by atoms with Crippen LogP contribution in [0.1, 0.15) is 0 Å². The van der Waals surface area contributed by atoms with Crippen LogP contribution in [0.2, 0.25) is 0 Å². The summed E-state index contributed by atoms with van der Waals surface area (Å²) in [6.45, 7) is 0.950. The van der Waals surface area contributed by atoms with E-state index in [1.165, 1.54) is 17.2 Å². The second-order valence-electron chi connectivity index (χ2n) is 1.75. The smallest absolute Gasteiger partial charge is 0.414 e. The predicted octanol–water partition coefficient (Wildman–Crippen LogP) is 0.476. The molecule has 0 atom stereocenters. The van der Waals surface area contributed by atoms with Crippen LogP contribution in [0.25, 0.3) is 0 Å². The van der Waals surface area contributed by atoms with Crippen molar-refractivity contribution in [3.8, 4) is 6.07 Å². The number of amides is 1. The van der Waals surface area contributed by atoms with Gasteiger partial charge in [0.15, 0.2) is 0 Å². The lowest BCUT2D eigenvalue weighted by atomic mass is 10.6. The van der Waals surface area contributed by atoms with Crippen molar-refractivity contribution in [1.29, 1.82) is 5.26 Å². The monoisotopic (exact) mass is 138 g/mol. The lowest BCUT2D eigenvalue weighted by molar-refractivity contribution is 0.166. The van der Waals surface area contributed by atoms with Crippen molar-refractivity contribution < 1.29 is 9.53 Å². The fraction of sp³-hybridized carbons (Fsp3) is 0.333. The molecule has 0 aromatic rings. The zero-order valence-electron chi connectivity index (χ0n) is 5.28. The normalized spacial score (nSPS) is 17.5. The van der Waals surface area contributed by atoms with E-state index < -0.39 is 0 Å². The van der Waals surface area contributed by atoms with Crippen LogP contribution in [0, 0.1) is 11.3 Å². The minimum absolute atomic E-state index is 0.383. The molecule has 1 fully saturated rings. The number of ether oxygens (including phenoxy) is 1. The van der Waals surface area contributed by atoms with Gasteiger partial charge in [-0.2, -0.15) is 5.26 Å². The number of nitrogens with zero attached hydrogens (tertiary/aromatic N) is 2. The van der Waals surface area contributed by atoms with E-state index in [2.05, 4.69) is 4.74 Å². The highest BCUT2D eigenvalue weighted by atomic mass is 16.6. The number of cyclic esters (lactones) is 1. The minimum Gasteiger partial charge on any atom is -0.447 e. The van der Waals surface area contributed by atoms with Crippen LogP contribution in [0.3, 0.4) is 0 Å². The van der Waals surface area contributed by atoms with Crippen molar-refractivity contribution in [2.45, 2.75) is 0 Å². The molecule has 0 N–H and O–H groups in total. The number of allylic oxidation sites excluding steroid dienone is 1. The van der Waals surface area contributed by atoms with Gasteiger partial charge in [0.25, 0.3) is 0 Å². The van der Waals surface area contributed by atoms with Gasteiger partial charge in [0.1, 0.15) is 6.61 Å². The summed E-state index contributed by atoms with van der Waals surface area (Å²) in [7, 11) is 0. The zero-order valence-corrected chi connectivity index (χ0v) is 5.28. The van der Waals surface area contributed by atoms with Crippen molar-refractivity contribution in [1.82, 2.24) is 4.90 Å². The summed E-state index contributed by atoms with van der Waals surface area (Å²) in [6.07, 6.45) is 2.27. The van der Waals surface area contributed by atoms with Crippen LogP contribution in [0.4, 0.5) is 4.79 Å². The van der Waals surface area contributed by atoms with Crippen LogP contribution >= 0.6 is 0 Å². The van der Waals surface area contributed by atoms with E-state index in [9.17, 15) is 4.79 Å². The Kier molecular flexibility index (Phi) is 1.90. The summed E-state index contributed by atoms with van der Waals surface area (Å²) in [6, 6.07) is 1.79. The van der Waals surface area contributed by atoms with E-state index in [1.807, 2.05) is 0 Å². The summed E-state index contributed by atoms with van der Waals surface area (Å²) in [4.78, 5) is 12.0. The SMILES string of the molecule is N#C/C=C/N1CCOC1=O. The van der Waals surface area contributed by atoms with Gasteiger partial charge in [0.2, 0.25) is 0 Å². The van der Waals surface area contributed by atoms with E-state index in [-0.39, 0.29) is 6.09 Å². The number of carbonyl (C=O) groups is 1. The molecule has 1 saturated heterocycles. The van der Waals surface area contributed by atoms with Crippen LogP contribution < -0.4 is 0 Å². The van der Waals surface area contributed by atoms with Crippen LogP contribution in [-0.4, -0.2) is 24.1 Å². The lowest BCUT2D eigenvalue weighted by Gasteiger charge is -2.01. The fourth-order valence-electron chi connectivity index (χ4n) is 0.664.